The lowest BCUT2D eigenvalue weighted by molar-refractivity contribution is 0.195. The quantitative estimate of drug-likeness (QED) is 0.787. The van der Waals surface area contributed by atoms with Crippen molar-refractivity contribution in [2.45, 2.75) is 60.0 Å². The van der Waals surface area contributed by atoms with E-state index in [4.69, 9.17) is 0 Å². The average Bonchev–Trinajstić information content (AvgIpc) is 3.06. The fourth-order valence-corrected chi connectivity index (χ4v) is 6.30. The summed E-state index contributed by atoms with van der Waals surface area (Å²) in [5.41, 5.74) is 11.1. The monoisotopic (exact) mass is 391 g/mol. The first-order chi connectivity index (χ1) is 13.8. The van der Waals surface area contributed by atoms with Crippen molar-refractivity contribution in [3.8, 4) is 0 Å². The van der Waals surface area contributed by atoms with Crippen LogP contribution in [-0.2, 0) is 5.66 Å². The maximum absolute atomic E-state index is 4.06. The molecule has 2 aromatic rings. The second-order valence-corrected chi connectivity index (χ2v) is 9.41. The fourth-order valence-electron chi connectivity index (χ4n) is 6.30. The van der Waals surface area contributed by atoms with Crippen molar-refractivity contribution >= 4 is 5.69 Å². The lowest BCUT2D eigenvalue weighted by atomic mass is 9.76. The van der Waals surface area contributed by atoms with Crippen LogP contribution in [0, 0.1) is 47.5 Å². The van der Waals surface area contributed by atoms with Gasteiger partial charge in [0.05, 0.1) is 0 Å². The first kappa shape index (κ1) is 20.4. The van der Waals surface area contributed by atoms with Crippen LogP contribution in [0.3, 0.4) is 0 Å². The van der Waals surface area contributed by atoms with Crippen LogP contribution in [0.25, 0.3) is 0 Å². The molecule has 2 unspecified atom stereocenters. The van der Waals surface area contributed by atoms with Gasteiger partial charge in [0, 0.05) is 31.2 Å². The van der Waals surface area contributed by atoms with Crippen molar-refractivity contribution in [2.24, 2.45) is 5.92 Å². The third-order valence-electron chi connectivity index (χ3n) is 7.01. The molecule has 3 heteroatoms. The van der Waals surface area contributed by atoms with Crippen LogP contribution < -0.4 is 15.5 Å². The zero-order valence-electron chi connectivity index (χ0n) is 19.1. The van der Waals surface area contributed by atoms with Gasteiger partial charge in [0.15, 0.2) is 0 Å². The van der Waals surface area contributed by atoms with Crippen LogP contribution in [0.15, 0.2) is 24.3 Å². The van der Waals surface area contributed by atoms with Gasteiger partial charge in [-0.25, -0.2) is 0 Å². The number of nitrogens with one attached hydrogen (secondary N) is 2. The standard InChI is InChI=1S/C26H37N3/c1-17-12-19(3)24(20(4)13-17)26(23-8-7-9-27-16-23)28-10-11-29(26)25-21(5)14-18(2)15-22(25)6/h12-15,23,27-28H,7-11,16H2,1-6H3. The summed E-state index contributed by atoms with van der Waals surface area (Å²) in [5.74, 6) is 0.541. The second-order valence-electron chi connectivity index (χ2n) is 9.41. The molecular formula is C26H37N3. The van der Waals surface area contributed by atoms with E-state index < -0.39 is 0 Å². The molecular weight excluding hydrogens is 354 g/mol. The van der Waals surface area contributed by atoms with E-state index >= 15 is 0 Å². The van der Waals surface area contributed by atoms with Crippen molar-refractivity contribution in [3.63, 3.8) is 0 Å². The topological polar surface area (TPSA) is 27.3 Å². The second kappa shape index (κ2) is 7.77. The molecule has 29 heavy (non-hydrogen) atoms. The minimum absolute atomic E-state index is 0.153. The van der Waals surface area contributed by atoms with E-state index in [9.17, 15) is 0 Å². The molecule has 0 bridgehead atoms. The maximum atomic E-state index is 4.06. The molecule has 2 fully saturated rings. The molecule has 2 heterocycles. The van der Waals surface area contributed by atoms with Gasteiger partial charge < -0.3 is 10.2 Å². The van der Waals surface area contributed by atoms with E-state index in [1.165, 1.54) is 57.5 Å². The number of rotatable bonds is 3. The molecule has 156 valence electrons. The van der Waals surface area contributed by atoms with Gasteiger partial charge in [-0.15, -0.1) is 0 Å². The summed E-state index contributed by atoms with van der Waals surface area (Å²) in [5, 5.41) is 7.76. The van der Waals surface area contributed by atoms with Gasteiger partial charge in [-0.2, -0.15) is 0 Å². The summed E-state index contributed by atoms with van der Waals surface area (Å²) in [6, 6.07) is 9.43. The molecule has 0 aromatic heterocycles. The van der Waals surface area contributed by atoms with Crippen molar-refractivity contribution < 1.29 is 0 Å². The Balaban J connectivity index is 1.96. The lowest BCUT2D eigenvalue weighted by Gasteiger charge is -2.49. The SMILES string of the molecule is Cc1cc(C)c(N2CCNC2(c2c(C)cc(C)cc2C)C2CCCNC2)c(C)c1. The molecule has 2 aromatic carbocycles. The highest BCUT2D eigenvalue weighted by Crippen LogP contribution is 2.46. The number of benzene rings is 2. The lowest BCUT2D eigenvalue weighted by Crippen LogP contribution is -2.59. The van der Waals surface area contributed by atoms with Gasteiger partial charge in [0.2, 0.25) is 0 Å². The van der Waals surface area contributed by atoms with Crippen molar-refractivity contribution in [1.82, 2.24) is 10.6 Å². The Bertz CT molecular complexity index is 864. The predicted molar refractivity (Wildman–Crippen MR) is 124 cm³/mol. The van der Waals surface area contributed by atoms with E-state index in [2.05, 4.69) is 81.3 Å². The zero-order chi connectivity index (χ0) is 20.8. The third kappa shape index (κ3) is 3.39. The molecule has 2 atom stereocenters. The molecule has 0 spiro atoms. The maximum Gasteiger partial charge on any atom is 0.122 e. The van der Waals surface area contributed by atoms with E-state index in [1.807, 2.05) is 0 Å². The van der Waals surface area contributed by atoms with Gasteiger partial charge in [0.1, 0.15) is 5.66 Å². The molecule has 0 saturated carbocycles. The van der Waals surface area contributed by atoms with Crippen molar-refractivity contribution in [1.29, 1.82) is 0 Å². The third-order valence-corrected chi connectivity index (χ3v) is 7.01. The highest BCUT2D eigenvalue weighted by Gasteiger charge is 2.50. The Morgan fingerprint density at radius 1 is 0.828 bits per heavy atom. The Labute approximate surface area is 176 Å². The Kier molecular flexibility index (Phi) is 5.48. The number of hydrogen-bond donors (Lipinski definition) is 2. The summed E-state index contributed by atoms with van der Waals surface area (Å²) in [7, 11) is 0. The van der Waals surface area contributed by atoms with E-state index in [-0.39, 0.29) is 5.66 Å². The minimum Gasteiger partial charge on any atom is -0.347 e. The van der Waals surface area contributed by atoms with Crippen LogP contribution >= 0.6 is 0 Å². The van der Waals surface area contributed by atoms with Gasteiger partial charge in [0.25, 0.3) is 0 Å². The number of aryl methyl sites for hydroxylation is 6. The number of piperidine rings is 1. The molecule has 2 aliphatic heterocycles. The molecule has 0 radical (unpaired) electrons. The minimum atomic E-state index is -0.153. The normalized spacial score (nSPS) is 24.9. The Morgan fingerprint density at radius 3 is 1.97 bits per heavy atom. The van der Waals surface area contributed by atoms with Crippen LogP contribution in [-0.4, -0.2) is 26.2 Å². The highest BCUT2D eigenvalue weighted by molar-refractivity contribution is 5.65. The number of nitrogens with zero attached hydrogens (tertiary/aromatic N) is 1. The molecule has 2 N–H and O–H groups in total. The van der Waals surface area contributed by atoms with Gasteiger partial charge in [-0.3, -0.25) is 5.32 Å². The summed E-state index contributed by atoms with van der Waals surface area (Å²) in [4.78, 5) is 2.72. The first-order valence-electron chi connectivity index (χ1n) is 11.2. The van der Waals surface area contributed by atoms with E-state index in [0.717, 1.165) is 26.2 Å². The largest absolute Gasteiger partial charge is 0.347 e. The van der Waals surface area contributed by atoms with Gasteiger partial charge in [-0.1, -0.05) is 35.4 Å². The van der Waals surface area contributed by atoms with Gasteiger partial charge >= 0.3 is 0 Å². The molecule has 0 amide bonds. The van der Waals surface area contributed by atoms with Crippen LogP contribution in [0.1, 0.15) is 51.8 Å². The van der Waals surface area contributed by atoms with Crippen molar-refractivity contribution in [2.75, 3.05) is 31.1 Å². The molecule has 4 rings (SSSR count). The molecule has 2 aliphatic rings. The van der Waals surface area contributed by atoms with Crippen LogP contribution in [0.5, 0.6) is 0 Å². The zero-order valence-corrected chi connectivity index (χ0v) is 19.1. The molecule has 3 nitrogen and oxygen atoms in total. The number of anilines is 1. The van der Waals surface area contributed by atoms with Crippen LogP contribution in [0.4, 0.5) is 5.69 Å². The summed E-state index contributed by atoms with van der Waals surface area (Å²) in [6.07, 6.45) is 2.50. The Morgan fingerprint density at radius 2 is 1.41 bits per heavy atom. The molecule has 2 saturated heterocycles. The van der Waals surface area contributed by atoms with E-state index in [0.29, 0.717) is 5.92 Å². The smallest absolute Gasteiger partial charge is 0.122 e. The highest BCUT2D eigenvalue weighted by atomic mass is 15.4. The molecule has 0 aliphatic carbocycles. The van der Waals surface area contributed by atoms with Gasteiger partial charge in [-0.05, 0) is 88.7 Å². The number of hydrogen-bond acceptors (Lipinski definition) is 3. The van der Waals surface area contributed by atoms with Crippen LogP contribution in [0.2, 0.25) is 0 Å². The van der Waals surface area contributed by atoms with Crippen molar-refractivity contribution in [3.05, 3.63) is 63.2 Å². The first-order valence-corrected chi connectivity index (χ1v) is 11.2. The van der Waals surface area contributed by atoms with E-state index in [1.54, 1.807) is 0 Å². The fraction of sp³-hybridized carbons (Fsp3) is 0.538. The summed E-state index contributed by atoms with van der Waals surface area (Å²) < 4.78 is 0. The summed E-state index contributed by atoms with van der Waals surface area (Å²) in [6.45, 7) is 17.9. The predicted octanol–water partition coefficient (Wildman–Crippen LogP) is 4.80. The summed E-state index contributed by atoms with van der Waals surface area (Å²) >= 11 is 0. The average molecular weight is 392 g/mol. The Hall–Kier alpha value is -1.84.